The fourth-order valence-corrected chi connectivity index (χ4v) is 3.13. The number of fused-ring (bicyclic) bond motifs is 1. The molecule has 1 amide bonds. The highest BCUT2D eigenvalue weighted by Gasteiger charge is 2.23. The highest BCUT2D eigenvalue weighted by atomic mass is 16.6. The van der Waals surface area contributed by atoms with Gasteiger partial charge in [0.15, 0.2) is 23.9 Å². The minimum Gasteiger partial charge on any atom is -0.486 e. The third-order valence-corrected chi connectivity index (χ3v) is 4.42. The number of carbonyl (C=O) groups excluding carboxylic acids is 3. The van der Waals surface area contributed by atoms with Crippen LogP contribution in [0.3, 0.4) is 0 Å². The van der Waals surface area contributed by atoms with E-state index >= 15 is 0 Å². The van der Waals surface area contributed by atoms with E-state index in [4.69, 9.17) is 14.2 Å². The zero-order valence-electron chi connectivity index (χ0n) is 16.0. The van der Waals surface area contributed by atoms with Crippen LogP contribution < -0.4 is 14.8 Å². The molecule has 0 saturated heterocycles. The van der Waals surface area contributed by atoms with Gasteiger partial charge in [-0.2, -0.15) is 0 Å². The van der Waals surface area contributed by atoms with Crippen molar-refractivity contribution in [3.8, 4) is 11.5 Å². The van der Waals surface area contributed by atoms with E-state index in [1.165, 1.54) is 6.92 Å². The number of ether oxygens (including phenoxy) is 3. The molecule has 0 aliphatic carbocycles. The Bertz CT molecular complexity index is 917. The number of para-hydroxylation sites is 2. The van der Waals surface area contributed by atoms with Crippen molar-refractivity contribution in [3.05, 3.63) is 46.8 Å². The average molecular weight is 386 g/mol. The Hall–Kier alpha value is -3.29. The maximum absolute atomic E-state index is 12.2. The van der Waals surface area contributed by atoms with E-state index in [0.717, 1.165) is 0 Å². The number of carbonyl (C=O) groups is 3. The Morgan fingerprint density at radius 2 is 1.93 bits per heavy atom. The van der Waals surface area contributed by atoms with E-state index in [2.05, 4.69) is 10.3 Å². The lowest BCUT2D eigenvalue weighted by molar-refractivity contribution is -0.124. The molecule has 0 fully saturated rings. The second kappa shape index (κ2) is 8.16. The highest BCUT2D eigenvalue weighted by molar-refractivity contribution is 6.01. The lowest BCUT2D eigenvalue weighted by Gasteiger charge is -2.26. The van der Waals surface area contributed by atoms with E-state index in [9.17, 15) is 14.4 Å². The molecule has 1 aromatic carbocycles. The van der Waals surface area contributed by atoms with Gasteiger partial charge in [-0.05, 0) is 38.5 Å². The molecule has 3 rings (SSSR count). The zero-order valence-corrected chi connectivity index (χ0v) is 16.0. The maximum atomic E-state index is 12.2. The van der Waals surface area contributed by atoms with Crippen LogP contribution >= 0.6 is 0 Å². The van der Waals surface area contributed by atoms with Crippen molar-refractivity contribution >= 4 is 17.7 Å². The van der Waals surface area contributed by atoms with E-state index < -0.39 is 18.5 Å². The minimum absolute atomic E-state index is 0.140. The molecule has 8 nitrogen and oxygen atoms in total. The van der Waals surface area contributed by atoms with Crippen LogP contribution in [-0.2, 0) is 9.53 Å². The average Bonchev–Trinajstić information content (AvgIpc) is 2.98. The standard InChI is InChI=1S/C20H22N2O6/c1-11-18(13(3)23)12(2)22-19(11)20(25)27-10-17(24)21-8-14-9-26-15-6-4-5-7-16(15)28-14/h4-7,14,22H,8-10H2,1-3H3,(H,21,24). The first-order chi connectivity index (χ1) is 13.4. The molecule has 2 N–H and O–H groups in total. The Morgan fingerprint density at radius 1 is 1.21 bits per heavy atom. The van der Waals surface area contributed by atoms with Crippen LogP contribution in [0, 0.1) is 13.8 Å². The summed E-state index contributed by atoms with van der Waals surface area (Å²) in [6.45, 7) is 4.90. The van der Waals surface area contributed by atoms with Crippen molar-refractivity contribution in [2.75, 3.05) is 19.8 Å². The molecule has 2 aromatic rings. The van der Waals surface area contributed by atoms with Crippen molar-refractivity contribution in [2.45, 2.75) is 26.9 Å². The summed E-state index contributed by atoms with van der Waals surface area (Å²) < 4.78 is 16.4. The summed E-state index contributed by atoms with van der Waals surface area (Å²) in [6, 6.07) is 7.29. The van der Waals surface area contributed by atoms with E-state index in [1.54, 1.807) is 19.9 Å². The Balaban J connectivity index is 1.48. The van der Waals surface area contributed by atoms with Crippen LogP contribution in [0.15, 0.2) is 24.3 Å². The normalized spacial score (nSPS) is 15.0. The van der Waals surface area contributed by atoms with Crippen molar-refractivity contribution in [1.29, 1.82) is 0 Å². The highest BCUT2D eigenvalue weighted by Crippen LogP contribution is 2.30. The molecule has 1 aliphatic heterocycles. The number of nitrogens with one attached hydrogen (secondary N) is 2. The number of rotatable bonds is 6. The summed E-state index contributed by atoms with van der Waals surface area (Å²) in [7, 11) is 0. The molecule has 1 unspecified atom stereocenters. The lowest BCUT2D eigenvalue weighted by atomic mass is 10.1. The first kappa shape index (κ1) is 19.5. The predicted octanol–water partition coefficient (Wildman–Crippen LogP) is 1.95. The molecule has 148 valence electrons. The number of esters is 1. The van der Waals surface area contributed by atoms with E-state index in [-0.39, 0.29) is 24.1 Å². The molecule has 1 aromatic heterocycles. The van der Waals surface area contributed by atoms with Crippen molar-refractivity contribution in [1.82, 2.24) is 10.3 Å². The first-order valence-corrected chi connectivity index (χ1v) is 8.89. The van der Waals surface area contributed by atoms with Crippen molar-refractivity contribution < 1.29 is 28.6 Å². The second-order valence-electron chi connectivity index (χ2n) is 6.56. The molecular formula is C20H22N2O6. The number of aromatic amines is 1. The number of Topliss-reactive ketones (excluding diaryl/α,β-unsaturated/α-hetero) is 1. The molecule has 2 heterocycles. The molecule has 0 spiro atoms. The number of aryl methyl sites for hydroxylation is 1. The predicted molar refractivity (Wildman–Crippen MR) is 99.9 cm³/mol. The Labute approximate surface area is 162 Å². The van der Waals surface area contributed by atoms with Crippen LogP contribution in [-0.4, -0.2) is 48.5 Å². The van der Waals surface area contributed by atoms with Gasteiger partial charge in [-0.15, -0.1) is 0 Å². The van der Waals surface area contributed by atoms with Crippen LogP contribution in [0.4, 0.5) is 0 Å². The Morgan fingerprint density at radius 3 is 2.61 bits per heavy atom. The molecule has 1 aliphatic rings. The molecule has 0 radical (unpaired) electrons. The monoisotopic (exact) mass is 386 g/mol. The Kier molecular flexibility index (Phi) is 5.67. The van der Waals surface area contributed by atoms with Gasteiger partial charge in [0, 0.05) is 11.3 Å². The minimum atomic E-state index is -0.686. The SMILES string of the molecule is CC(=O)c1c(C)[nH]c(C(=O)OCC(=O)NCC2COc3ccccc3O2)c1C. The summed E-state index contributed by atoms with van der Waals surface area (Å²) in [6.07, 6.45) is -0.332. The van der Waals surface area contributed by atoms with Gasteiger partial charge in [0.2, 0.25) is 0 Å². The van der Waals surface area contributed by atoms with Crippen LogP contribution in [0.5, 0.6) is 11.5 Å². The quantitative estimate of drug-likeness (QED) is 0.580. The lowest BCUT2D eigenvalue weighted by Crippen LogP contribution is -2.42. The van der Waals surface area contributed by atoms with Crippen LogP contribution in [0.2, 0.25) is 0 Å². The number of H-pyrrole nitrogens is 1. The van der Waals surface area contributed by atoms with Gasteiger partial charge in [-0.3, -0.25) is 9.59 Å². The first-order valence-electron chi connectivity index (χ1n) is 8.89. The smallest absolute Gasteiger partial charge is 0.355 e. The topological polar surface area (TPSA) is 107 Å². The van der Waals surface area contributed by atoms with Gasteiger partial charge in [-0.25, -0.2) is 4.79 Å². The van der Waals surface area contributed by atoms with Crippen LogP contribution in [0.25, 0.3) is 0 Å². The van der Waals surface area contributed by atoms with Gasteiger partial charge in [0.25, 0.3) is 5.91 Å². The molecule has 0 saturated carbocycles. The molecular weight excluding hydrogens is 364 g/mol. The second-order valence-corrected chi connectivity index (χ2v) is 6.56. The fourth-order valence-electron chi connectivity index (χ4n) is 3.13. The van der Waals surface area contributed by atoms with Crippen molar-refractivity contribution in [3.63, 3.8) is 0 Å². The van der Waals surface area contributed by atoms with Gasteiger partial charge >= 0.3 is 5.97 Å². The van der Waals surface area contributed by atoms with E-state index in [1.807, 2.05) is 18.2 Å². The summed E-state index contributed by atoms with van der Waals surface area (Å²) in [4.78, 5) is 38.7. The summed E-state index contributed by atoms with van der Waals surface area (Å²) in [5.41, 5.74) is 1.75. The molecule has 1 atom stereocenters. The number of amides is 1. The summed E-state index contributed by atoms with van der Waals surface area (Å²) in [5, 5.41) is 2.65. The zero-order chi connectivity index (χ0) is 20.3. The third kappa shape index (κ3) is 4.16. The van der Waals surface area contributed by atoms with Gasteiger partial charge in [0.1, 0.15) is 18.4 Å². The summed E-state index contributed by atoms with van der Waals surface area (Å²) in [5.74, 6) is 0.0103. The van der Waals surface area contributed by atoms with Crippen LogP contribution in [0.1, 0.15) is 39.0 Å². The largest absolute Gasteiger partial charge is 0.486 e. The maximum Gasteiger partial charge on any atom is 0.355 e. The molecule has 0 bridgehead atoms. The van der Waals surface area contributed by atoms with E-state index in [0.29, 0.717) is 34.9 Å². The number of ketones is 1. The fraction of sp³-hybridized carbons (Fsp3) is 0.350. The number of hydrogen-bond donors (Lipinski definition) is 2. The van der Waals surface area contributed by atoms with Gasteiger partial charge in [-0.1, -0.05) is 12.1 Å². The number of aromatic nitrogens is 1. The van der Waals surface area contributed by atoms with Crippen molar-refractivity contribution in [2.24, 2.45) is 0 Å². The number of hydrogen-bond acceptors (Lipinski definition) is 6. The van der Waals surface area contributed by atoms with Gasteiger partial charge < -0.3 is 24.5 Å². The molecule has 28 heavy (non-hydrogen) atoms. The number of benzene rings is 1. The molecule has 8 heteroatoms. The summed E-state index contributed by atoms with van der Waals surface area (Å²) >= 11 is 0. The van der Waals surface area contributed by atoms with Gasteiger partial charge in [0.05, 0.1) is 6.54 Å². The third-order valence-electron chi connectivity index (χ3n) is 4.42.